The van der Waals surface area contributed by atoms with Gasteiger partial charge in [-0.15, -0.1) is 0 Å². The van der Waals surface area contributed by atoms with E-state index in [0.717, 1.165) is 24.1 Å². The second-order valence-corrected chi connectivity index (χ2v) is 11.6. The molecule has 12 heteroatoms. The molecule has 1 aliphatic rings. The van der Waals surface area contributed by atoms with E-state index in [9.17, 15) is 23.3 Å². The number of nitro groups is 1. The van der Waals surface area contributed by atoms with E-state index in [1.807, 2.05) is 6.92 Å². The summed E-state index contributed by atoms with van der Waals surface area (Å²) in [5.74, 6) is 0.188. The van der Waals surface area contributed by atoms with Gasteiger partial charge < -0.3 is 9.69 Å². The number of non-ortho nitro benzene ring substituents is 1. The predicted molar refractivity (Wildman–Crippen MR) is 129 cm³/mol. The van der Waals surface area contributed by atoms with Crippen molar-refractivity contribution in [2.24, 2.45) is 5.92 Å². The number of carbonyl (C=O) groups excluding carboxylic acids is 1. The average Bonchev–Trinajstić information content (AvgIpc) is 2.77. The number of hydrogen-bond acceptors (Lipinski definition) is 7. The minimum Gasteiger partial charge on any atom is -0.303 e. The number of sulfonamides is 1. The van der Waals surface area contributed by atoms with Gasteiger partial charge in [0.1, 0.15) is 11.2 Å². The molecule has 0 saturated carbocycles. The van der Waals surface area contributed by atoms with Gasteiger partial charge in [0, 0.05) is 66.1 Å². The van der Waals surface area contributed by atoms with Crippen molar-refractivity contribution in [2.45, 2.75) is 28.0 Å². The topological polar surface area (TPSA) is 101 Å². The van der Waals surface area contributed by atoms with Crippen LogP contribution in [0.1, 0.15) is 13.3 Å². The highest BCUT2D eigenvalue weighted by atomic mass is 35.5. The lowest BCUT2D eigenvalue weighted by Crippen LogP contribution is -2.49. The van der Waals surface area contributed by atoms with Gasteiger partial charge in [0.25, 0.3) is 5.69 Å². The third kappa shape index (κ3) is 6.46. The number of benzene rings is 2. The summed E-state index contributed by atoms with van der Waals surface area (Å²) in [5, 5.41) is 12.2. The molecular formula is C21H23Cl2N3O5S2. The molecule has 8 nitrogen and oxygen atoms in total. The maximum Gasteiger partial charge on any atom is 0.270 e. The first-order valence-electron chi connectivity index (χ1n) is 10.2. The van der Waals surface area contributed by atoms with Crippen LogP contribution in [-0.4, -0.2) is 61.6 Å². The van der Waals surface area contributed by atoms with E-state index < -0.39 is 14.9 Å². The molecule has 3 rings (SSSR count). The van der Waals surface area contributed by atoms with Gasteiger partial charge >= 0.3 is 0 Å². The minimum atomic E-state index is -4.00. The molecule has 1 unspecified atom stereocenters. The zero-order chi connectivity index (χ0) is 24.2. The van der Waals surface area contributed by atoms with Crippen molar-refractivity contribution in [3.63, 3.8) is 0 Å². The Balaban J connectivity index is 1.88. The Morgan fingerprint density at radius 1 is 1.12 bits per heavy atom. The smallest absolute Gasteiger partial charge is 0.270 e. The molecule has 1 aliphatic heterocycles. The van der Waals surface area contributed by atoms with Crippen molar-refractivity contribution >= 4 is 57.0 Å². The lowest BCUT2D eigenvalue weighted by Gasteiger charge is -2.35. The third-order valence-electron chi connectivity index (χ3n) is 5.27. The highest BCUT2D eigenvalue weighted by Gasteiger charge is 2.32. The fourth-order valence-corrected chi connectivity index (χ4v) is 6.85. The van der Waals surface area contributed by atoms with Gasteiger partial charge in [-0.2, -0.15) is 4.31 Å². The predicted octanol–water partition coefficient (Wildman–Crippen LogP) is 4.58. The lowest BCUT2D eigenvalue weighted by atomic mass is 10.1. The first-order chi connectivity index (χ1) is 15.6. The zero-order valence-electron chi connectivity index (χ0n) is 17.8. The van der Waals surface area contributed by atoms with Crippen molar-refractivity contribution in [1.82, 2.24) is 9.21 Å². The second-order valence-electron chi connectivity index (χ2n) is 7.78. The van der Waals surface area contributed by atoms with Crippen molar-refractivity contribution in [3.05, 3.63) is 56.6 Å². The van der Waals surface area contributed by atoms with Crippen molar-refractivity contribution in [3.8, 4) is 0 Å². The van der Waals surface area contributed by atoms with Crippen molar-refractivity contribution < 1.29 is 18.1 Å². The number of hydrogen-bond donors (Lipinski definition) is 0. The summed E-state index contributed by atoms with van der Waals surface area (Å²) in [5.41, 5.74) is -0.309. The number of nitro benzene ring substituents is 1. The number of piperazine rings is 1. The molecule has 0 bridgehead atoms. The highest BCUT2D eigenvalue weighted by molar-refractivity contribution is 8.00. The van der Waals surface area contributed by atoms with Crippen LogP contribution < -0.4 is 0 Å². The Morgan fingerprint density at radius 3 is 2.45 bits per heavy atom. The summed E-state index contributed by atoms with van der Waals surface area (Å²) in [6, 6.07) is 8.63. The van der Waals surface area contributed by atoms with Crippen LogP contribution in [-0.2, 0) is 14.8 Å². The Morgan fingerprint density at radius 2 is 1.82 bits per heavy atom. The molecule has 0 radical (unpaired) electrons. The molecule has 1 atom stereocenters. The third-order valence-corrected chi connectivity index (χ3v) is 9.15. The van der Waals surface area contributed by atoms with E-state index in [0.29, 0.717) is 45.9 Å². The highest BCUT2D eigenvalue weighted by Crippen LogP contribution is 2.40. The van der Waals surface area contributed by atoms with E-state index in [4.69, 9.17) is 23.2 Å². The molecule has 2 aromatic rings. The van der Waals surface area contributed by atoms with Crippen LogP contribution in [0.15, 0.2) is 51.1 Å². The molecule has 0 aliphatic carbocycles. The molecule has 0 spiro atoms. The summed E-state index contributed by atoms with van der Waals surface area (Å²) in [7, 11) is -4.00. The fourth-order valence-electron chi connectivity index (χ4n) is 3.54. The zero-order valence-corrected chi connectivity index (χ0v) is 21.0. The van der Waals surface area contributed by atoms with Gasteiger partial charge in [0.15, 0.2) is 0 Å². The van der Waals surface area contributed by atoms with E-state index in [1.165, 1.54) is 16.4 Å². The Labute approximate surface area is 207 Å². The van der Waals surface area contributed by atoms with Gasteiger partial charge in [-0.25, -0.2) is 8.42 Å². The fraction of sp³-hybridized carbons (Fsp3) is 0.381. The van der Waals surface area contributed by atoms with Gasteiger partial charge in [0.2, 0.25) is 10.0 Å². The molecule has 178 valence electrons. The number of halogens is 2. The Hall–Kier alpha value is -1.69. The average molecular weight is 532 g/mol. The van der Waals surface area contributed by atoms with Crippen LogP contribution in [0.4, 0.5) is 5.69 Å². The van der Waals surface area contributed by atoms with E-state index in [-0.39, 0.29) is 29.6 Å². The summed E-state index contributed by atoms with van der Waals surface area (Å²) >= 11 is 13.4. The standard InChI is InChI=1S/C21H23Cl2N3O5S2/c1-15(6-11-27)14-24-7-9-25(10-8-24)33(30,31)21-13-17(26(28)29)3-5-19(21)32-20-12-16(22)2-4-18(20)23/h2-5,11-13,15H,6-10,14H2,1H3. The van der Waals surface area contributed by atoms with Gasteiger partial charge in [-0.1, -0.05) is 41.9 Å². The first kappa shape index (κ1) is 25.9. The van der Waals surface area contributed by atoms with Gasteiger partial charge in [-0.05, 0) is 30.2 Å². The lowest BCUT2D eigenvalue weighted by molar-refractivity contribution is -0.385. The van der Waals surface area contributed by atoms with Gasteiger partial charge in [0.05, 0.1) is 9.95 Å². The normalized spacial score (nSPS) is 16.5. The molecule has 1 fully saturated rings. The summed E-state index contributed by atoms with van der Waals surface area (Å²) < 4.78 is 28.4. The number of rotatable bonds is 9. The van der Waals surface area contributed by atoms with Crippen LogP contribution >= 0.6 is 35.0 Å². The quantitative estimate of drug-likeness (QED) is 0.265. The molecule has 2 aromatic carbocycles. The maximum atomic E-state index is 13.5. The van der Waals surface area contributed by atoms with Crippen molar-refractivity contribution in [2.75, 3.05) is 32.7 Å². The molecule has 33 heavy (non-hydrogen) atoms. The molecular weight excluding hydrogens is 509 g/mol. The minimum absolute atomic E-state index is 0.138. The van der Waals surface area contributed by atoms with Crippen LogP contribution in [0, 0.1) is 16.0 Å². The molecule has 1 heterocycles. The first-order valence-corrected chi connectivity index (χ1v) is 13.2. The van der Waals surface area contributed by atoms with Gasteiger partial charge in [-0.3, -0.25) is 10.1 Å². The summed E-state index contributed by atoms with van der Waals surface area (Å²) in [4.78, 5) is 24.3. The largest absolute Gasteiger partial charge is 0.303 e. The number of aldehydes is 1. The number of nitrogens with zero attached hydrogens (tertiary/aromatic N) is 3. The molecule has 0 N–H and O–H groups in total. The van der Waals surface area contributed by atoms with Crippen LogP contribution in [0.3, 0.4) is 0 Å². The van der Waals surface area contributed by atoms with Crippen LogP contribution in [0.2, 0.25) is 10.0 Å². The monoisotopic (exact) mass is 531 g/mol. The van der Waals surface area contributed by atoms with Crippen molar-refractivity contribution in [1.29, 1.82) is 0 Å². The maximum absolute atomic E-state index is 13.5. The van der Waals surface area contributed by atoms with E-state index in [1.54, 1.807) is 18.2 Å². The van der Waals surface area contributed by atoms with E-state index in [2.05, 4.69) is 4.90 Å². The number of carbonyl (C=O) groups is 1. The van der Waals surface area contributed by atoms with Crippen LogP contribution in [0.25, 0.3) is 0 Å². The molecule has 0 aromatic heterocycles. The molecule has 0 amide bonds. The summed E-state index contributed by atoms with van der Waals surface area (Å²) in [6.45, 7) is 4.21. The Bertz CT molecular complexity index is 1140. The van der Waals surface area contributed by atoms with Crippen LogP contribution in [0.5, 0.6) is 0 Å². The summed E-state index contributed by atoms with van der Waals surface area (Å²) in [6.07, 6.45) is 1.35. The molecule has 1 saturated heterocycles. The SMILES string of the molecule is CC(CC=O)CN1CCN(S(=O)(=O)c2cc([N+](=O)[O-])ccc2Sc2cc(Cl)ccc2Cl)CC1. The Kier molecular flexibility index (Phi) is 8.76. The van der Waals surface area contributed by atoms with E-state index >= 15 is 0 Å². The second kappa shape index (κ2) is 11.2.